The minimum atomic E-state index is -0.830. The molecule has 0 radical (unpaired) electrons. The predicted molar refractivity (Wildman–Crippen MR) is 68.3 cm³/mol. The average Bonchev–Trinajstić information content (AvgIpc) is 2.43. The summed E-state index contributed by atoms with van der Waals surface area (Å²) in [5.41, 5.74) is 6.47. The van der Waals surface area contributed by atoms with Gasteiger partial charge in [-0.2, -0.15) is 0 Å². The van der Waals surface area contributed by atoms with Crippen molar-refractivity contribution >= 4 is 5.84 Å². The number of hydrogen-bond donors (Lipinski definition) is 5. The van der Waals surface area contributed by atoms with Crippen molar-refractivity contribution in [1.29, 1.82) is 0 Å². The summed E-state index contributed by atoms with van der Waals surface area (Å²) < 4.78 is 0. The molecule has 0 aliphatic carbocycles. The molecule has 6 N–H and O–H groups in total. The highest BCUT2D eigenvalue weighted by Crippen LogP contribution is 2.16. The molecule has 0 saturated heterocycles. The zero-order valence-corrected chi connectivity index (χ0v) is 10.0. The molecule has 0 fully saturated rings. The summed E-state index contributed by atoms with van der Waals surface area (Å²) in [6, 6.07) is 9.31. The highest BCUT2D eigenvalue weighted by Gasteiger charge is 2.14. The van der Waals surface area contributed by atoms with Crippen LogP contribution in [0.5, 0.6) is 0 Å². The third-order valence-corrected chi connectivity index (χ3v) is 2.55. The molecule has 18 heavy (non-hydrogen) atoms. The van der Waals surface area contributed by atoms with Crippen LogP contribution >= 0.6 is 0 Å². The Labute approximate surface area is 106 Å². The maximum Gasteiger partial charge on any atom is 0.141 e. The Morgan fingerprint density at radius 2 is 2.00 bits per heavy atom. The Morgan fingerprint density at radius 1 is 1.33 bits per heavy atom. The second-order valence-corrected chi connectivity index (χ2v) is 4.00. The van der Waals surface area contributed by atoms with E-state index >= 15 is 0 Å². The van der Waals surface area contributed by atoms with Gasteiger partial charge in [-0.05, 0) is 5.56 Å². The number of benzene rings is 1. The number of oxime groups is 1. The van der Waals surface area contributed by atoms with Gasteiger partial charge in [0.1, 0.15) is 5.84 Å². The zero-order valence-electron chi connectivity index (χ0n) is 10.0. The standard InChI is InChI=1S/C12H19N3O3/c13-12(15-18)6-11(14-7-10(17)8-16)9-4-2-1-3-5-9/h1-5,10-11,14,16-18H,6-8H2,(H2,13,15). The molecule has 2 atom stereocenters. The monoisotopic (exact) mass is 253 g/mol. The summed E-state index contributed by atoms with van der Waals surface area (Å²) in [5, 5.41) is 32.7. The Morgan fingerprint density at radius 3 is 2.56 bits per heavy atom. The molecule has 0 aliphatic heterocycles. The van der Waals surface area contributed by atoms with Gasteiger partial charge in [0.25, 0.3) is 0 Å². The Kier molecular flexibility index (Phi) is 6.13. The molecule has 0 bridgehead atoms. The molecular weight excluding hydrogens is 234 g/mol. The van der Waals surface area contributed by atoms with Gasteiger partial charge in [0.15, 0.2) is 0 Å². The van der Waals surface area contributed by atoms with Gasteiger partial charge < -0.3 is 26.5 Å². The van der Waals surface area contributed by atoms with Gasteiger partial charge in [-0.3, -0.25) is 0 Å². The van der Waals surface area contributed by atoms with Crippen LogP contribution in [0.4, 0.5) is 0 Å². The van der Waals surface area contributed by atoms with E-state index in [1.54, 1.807) is 0 Å². The van der Waals surface area contributed by atoms with Crippen molar-refractivity contribution in [2.24, 2.45) is 10.9 Å². The van der Waals surface area contributed by atoms with Crippen molar-refractivity contribution in [2.45, 2.75) is 18.6 Å². The molecule has 2 unspecified atom stereocenters. The van der Waals surface area contributed by atoms with Gasteiger partial charge in [0, 0.05) is 19.0 Å². The van der Waals surface area contributed by atoms with E-state index in [0.29, 0.717) is 6.42 Å². The molecule has 1 rings (SSSR count). The van der Waals surface area contributed by atoms with E-state index in [9.17, 15) is 5.11 Å². The summed E-state index contributed by atoms with van der Waals surface area (Å²) in [5.74, 6) is 0.106. The fourth-order valence-corrected chi connectivity index (χ4v) is 1.59. The third-order valence-electron chi connectivity index (χ3n) is 2.55. The van der Waals surface area contributed by atoms with Crippen molar-refractivity contribution in [3.05, 3.63) is 35.9 Å². The molecule has 0 aliphatic rings. The van der Waals surface area contributed by atoms with Crippen LogP contribution in [0.15, 0.2) is 35.5 Å². The lowest BCUT2D eigenvalue weighted by Gasteiger charge is -2.20. The van der Waals surface area contributed by atoms with Crippen LogP contribution in [0.3, 0.4) is 0 Å². The molecule has 0 amide bonds. The first-order valence-electron chi connectivity index (χ1n) is 5.71. The number of nitrogens with zero attached hydrogens (tertiary/aromatic N) is 1. The number of aliphatic hydroxyl groups excluding tert-OH is 2. The van der Waals surface area contributed by atoms with Crippen LogP contribution in [0.2, 0.25) is 0 Å². The van der Waals surface area contributed by atoms with Gasteiger partial charge in [-0.25, -0.2) is 0 Å². The summed E-state index contributed by atoms with van der Waals surface area (Å²) in [6.07, 6.45) is -0.512. The minimum absolute atomic E-state index is 0.106. The predicted octanol–water partition coefficient (Wildman–Crippen LogP) is -0.193. The maximum absolute atomic E-state index is 9.32. The second-order valence-electron chi connectivity index (χ2n) is 4.00. The molecule has 100 valence electrons. The fourth-order valence-electron chi connectivity index (χ4n) is 1.59. The van der Waals surface area contributed by atoms with Crippen molar-refractivity contribution in [3.8, 4) is 0 Å². The normalized spacial score (nSPS) is 15.3. The van der Waals surface area contributed by atoms with E-state index < -0.39 is 6.10 Å². The first-order chi connectivity index (χ1) is 8.67. The maximum atomic E-state index is 9.32. The van der Waals surface area contributed by atoms with Crippen molar-refractivity contribution < 1.29 is 15.4 Å². The minimum Gasteiger partial charge on any atom is -0.409 e. The van der Waals surface area contributed by atoms with Crippen LogP contribution in [-0.4, -0.2) is 40.5 Å². The molecule has 0 spiro atoms. The molecule has 6 nitrogen and oxygen atoms in total. The fraction of sp³-hybridized carbons (Fsp3) is 0.417. The SMILES string of the molecule is NC(CC(NCC(O)CO)c1ccccc1)=NO. The van der Waals surface area contributed by atoms with Crippen molar-refractivity contribution in [3.63, 3.8) is 0 Å². The summed E-state index contributed by atoms with van der Waals surface area (Å²) in [4.78, 5) is 0. The molecule has 1 aromatic rings. The summed E-state index contributed by atoms with van der Waals surface area (Å²) >= 11 is 0. The van der Waals surface area contributed by atoms with E-state index in [-0.39, 0.29) is 25.0 Å². The Bertz CT molecular complexity index is 370. The van der Waals surface area contributed by atoms with Gasteiger partial charge in [-0.15, -0.1) is 0 Å². The highest BCUT2D eigenvalue weighted by molar-refractivity contribution is 5.80. The zero-order chi connectivity index (χ0) is 13.4. The van der Waals surface area contributed by atoms with Crippen molar-refractivity contribution in [2.75, 3.05) is 13.2 Å². The van der Waals surface area contributed by atoms with E-state index in [2.05, 4.69) is 10.5 Å². The topological polar surface area (TPSA) is 111 Å². The lowest BCUT2D eigenvalue weighted by Crippen LogP contribution is -2.34. The molecule has 6 heteroatoms. The molecule has 0 saturated carbocycles. The van der Waals surface area contributed by atoms with E-state index in [1.807, 2.05) is 30.3 Å². The lowest BCUT2D eigenvalue weighted by atomic mass is 10.0. The van der Waals surface area contributed by atoms with Gasteiger partial charge in [-0.1, -0.05) is 35.5 Å². The van der Waals surface area contributed by atoms with Crippen LogP contribution in [0.1, 0.15) is 18.0 Å². The molecular formula is C12H19N3O3. The van der Waals surface area contributed by atoms with E-state index in [0.717, 1.165) is 5.56 Å². The number of hydrogen-bond acceptors (Lipinski definition) is 5. The van der Waals surface area contributed by atoms with Gasteiger partial charge >= 0.3 is 0 Å². The van der Waals surface area contributed by atoms with Crippen LogP contribution in [0.25, 0.3) is 0 Å². The van der Waals surface area contributed by atoms with E-state index in [1.165, 1.54) is 0 Å². The van der Waals surface area contributed by atoms with Crippen molar-refractivity contribution in [1.82, 2.24) is 5.32 Å². The third kappa shape index (κ3) is 4.70. The van der Waals surface area contributed by atoms with Gasteiger partial charge in [0.05, 0.1) is 12.7 Å². The number of rotatable bonds is 7. The smallest absolute Gasteiger partial charge is 0.141 e. The first-order valence-corrected chi connectivity index (χ1v) is 5.71. The number of nitrogens with two attached hydrogens (primary N) is 1. The molecule has 0 aromatic heterocycles. The summed E-state index contributed by atoms with van der Waals surface area (Å²) in [6.45, 7) is -0.0765. The molecule has 1 aromatic carbocycles. The average molecular weight is 253 g/mol. The first kappa shape index (κ1) is 14.4. The Hall–Kier alpha value is -1.63. The molecule has 0 heterocycles. The highest BCUT2D eigenvalue weighted by atomic mass is 16.4. The summed E-state index contributed by atoms with van der Waals surface area (Å²) in [7, 11) is 0. The van der Waals surface area contributed by atoms with E-state index in [4.69, 9.17) is 16.0 Å². The van der Waals surface area contributed by atoms with Crippen LogP contribution < -0.4 is 11.1 Å². The second kappa shape index (κ2) is 7.65. The number of aliphatic hydroxyl groups is 2. The lowest BCUT2D eigenvalue weighted by molar-refractivity contribution is 0.0920. The number of amidine groups is 1. The Balaban J connectivity index is 2.69. The van der Waals surface area contributed by atoms with Crippen LogP contribution in [-0.2, 0) is 0 Å². The quantitative estimate of drug-likeness (QED) is 0.200. The number of nitrogens with one attached hydrogen (secondary N) is 1. The van der Waals surface area contributed by atoms with Crippen LogP contribution in [0, 0.1) is 0 Å². The van der Waals surface area contributed by atoms with Gasteiger partial charge in [0.2, 0.25) is 0 Å². The largest absolute Gasteiger partial charge is 0.409 e.